The van der Waals surface area contributed by atoms with E-state index in [-0.39, 0.29) is 16.3 Å². The summed E-state index contributed by atoms with van der Waals surface area (Å²) in [5.74, 6) is -2.61. The average Bonchev–Trinajstić information content (AvgIpc) is 3.04. The van der Waals surface area contributed by atoms with Crippen molar-refractivity contribution in [1.82, 2.24) is 5.16 Å². The monoisotopic (exact) mass is 410 g/mol. The van der Waals surface area contributed by atoms with Gasteiger partial charge in [0.1, 0.15) is 11.4 Å². The van der Waals surface area contributed by atoms with Crippen molar-refractivity contribution < 1.29 is 30.9 Å². The highest BCUT2D eigenvalue weighted by Gasteiger charge is 2.40. The van der Waals surface area contributed by atoms with Crippen LogP contribution < -0.4 is 4.72 Å². The number of ketones is 1. The summed E-state index contributed by atoms with van der Waals surface area (Å²) in [6.45, 7) is 0. The van der Waals surface area contributed by atoms with Crippen LogP contribution in [0.4, 0.5) is 18.9 Å². The lowest BCUT2D eigenvalue weighted by atomic mass is 10.1. The molecule has 0 aliphatic carbocycles. The smallest absolute Gasteiger partial charge is 0.358 e. The minimum Gasteiger partial charge on any atom is -0.358 e. The zero-order valence-electron chi connectivity index (χ0n) is 14.1. The second-order valence-electron chi connectivity index (χ2n) is 5.71. The van der Waals surface area contributed by atoms with E-state index in [2.05, 4.69) is 9.88 Å². The summed E-state index contributed by atoms with van der Waals surface area (Å²) in [5.41, 5.74) is 0.0699. The fourth-order valence-electron chi connectivity index (χ4n) is 2.38. The Kier molecular flexibility index (Phi) is 5.23. The molecule has 0 fully saturated rings. The molecule has 0 bridgehead atoms. The van der Waals surface area contributed by atoms with Gasteiger partial charge in [-0.1, -0.05) is 53.7 Å². The van der Waals surface area contributed by atoms with Crippen molar-refractivity contribution >= 4 is 21.5 Å². The normalized spacial score (nSPS) is 12.0. The van der Waals surface area contributed by atoms with E-state index >= 15 is 0 Å². The van der Waals surface area contributed by atoms with Crippen LogP contribution in [0.3, 0.4) is 0 Å². The first kappa shape index (κ1) is 19.6. The number of benzene rings is 2. The van der Waals surface area contributed by atoms with Gasteiger partial charge in [-0.25, -0.2) is 8.42 Å². The van der Waals surface area contributed by atoms with Gasteiger partial charge in [0.05, 0.1) is 11.3 Å². The largest absolute Gasteiger partial charge is 0.450 e. The van der Waals surface area contributed by atoms with Crippen LogP contribution in [0.1, 0.15) is 5.76 Å². The number of halogens is 3. The van der Waals surface area contributed by atoms with Crippen molar-refractivity contribution in [1.29, 1.82) is 0 Å². The fourth-order valence-corrected chi connectivity index (χ4v) is 3.49. The van der Waals surface area contributed by atoms with Crippen LogP contribution in [0.25, 0.3) is 11.3 Å². The number of anilines is 1. The maximum absolute atomic E-state index is 12.6. The zero-order valence-corrected chi connectivity index (χ0v) is 14.9. The fraction of sp³-hybridized carbons (Fsp3) is 0.111. The van der Waals surface area contributed by atoms with Crippen molar-refractivity contribution in [2.75, 3.05) is 4.72 Å². The Labute approximate surface area is 158 Å². The molecule has 0 aliphatic heterocycles. The van der Waals surface area contributed by atoms with Gasteiger partial charge in [-0.3, -0.25) is 9.52 Å². The standard InChI is InChI=1S/C18H13F3N2O4S/c19-18(20,21)15(24)11-14-17(16(22-27-14)12-7-3-1-4-8-12)23-28(25,26)13-9-5-2-6-10-13/h1-10,23H,11H2. The molecule has 1 heterocycles. The molecule has 6 nitrogen and oxygen atoms in total. The highest BCUT2D eigenvalue weighted by atomic mass is 32.2. The molecule has 0 atom stereocenters. The first-order chi connectivity index (χ1) is 13.2. The van der Waals surface area contributed by atoms with Crippen LogP contribution in [0.15, 0.2) is 70.1 Å². The van der Waals surface area contributed by atoms with Crippen molar-refractivity contribution in [2.45, 2.75) is 17.5 Å². The molecule has 10 heteroatoms. The minimum atomic E-state index is -5.09. The van der Waals surface area contributed by atoms with Gasteiger partial charge in [0, 0.05) is 5.56 Å². The third kappa shape index (κ3) is 4.22. The Morgan fingerprint density at radius 2 is 1.57 bits per heavy atom. The number of rotatable bonds is 6. The maximum Gasteiger partial charge on any atom is 0.450 e. The summed E-state index contributed by atoms with van der Waals surface area (Å²) in [4.78, 5) is 11.3. The molecule has 0 radical (unpaired) electrons. The van der Waals surface area contributed by atoms with Crippen LogP contribution in [0.2, 0.25) is 0 Å². The van der Waals surface area contributed by atoms with Gasteiger partial charge in [0.25, 0.3) is 10.0 Å². The Bertz CT molecular complexity index is 1080. The average molecular weight is 410 g/mol. The third-order valence-corrected chi connectivity index (χ3v) is 5.10. The predicted octanol–water partition coefficient (Wildman–Crippen LogP) is 3.82. The van der Waals surface area contributed by atoms with Crippen molar-refractivity contribution in [3.8, 4) is 11.3 Å². The van der Waals surface area contributed by atoms with Gasteiger partial charge in [-0.05, 0) is 12.1 Å². The molecule has 0 unspecified atom stereocenters. The first-order valence-corrected chi connectivity index (χ1v) is 9.38. The molecule has 1 aromatic heterocycles. The van der Waals surface area contributed by atoms with Crippen LogP contribution in [-0.2, 0) is 21.2 Å². The number of hydrogen-bond acceptors (Lipinski definition) is 5. The number of sulfonamides is 1. The number of aromatic nitrogens is 1. The summed E-state index contributed by atoms with van der Waals surface area (Å²) in [5, 5.41) is 3.68. The topological polar surface area (TPSA) is 89.3 Å². The molecule has 3 aromatic rings. The van der Waals surface area contributed by atoms with Crippen molar-refractivity contribution in [3.63, 3.8) is 0 Å². The van der Waals surface area contributed by atoms with E-state index in [0.717, 1.165) is 0 Å². The lowest BCUT2D eigenvalue weighted by Crippen LogP contribution is -2.25. The SMILES string of the molecule is O=C(Cc1onc(-c2ccccc2)c1NS(=O)(=O)c1ccccc1)C(F)(F)F. The highest BCUT2D eigenvalue weighted by molar-refractivity contribution is 7.92. The van der Waals surface area contributed by atoms with Gasteiger partial charge >= 0.3 is 6.18 Å². The van der Waals surface area contributed by atoms with E-state index in [1.165, 1.54) is 24.3 Å². The molecule has 0 aliphatic rings. The van der Waals surface area contributed by atoms with E-state index in [9.17, 15) is 26.4 Å². The Balaban J connectivity index is 2.06. The van der Waals surface area contributed by atoms with Crippen LogP contribution in [0.5, 0.6) is 0 Å². The summed E-state index contributed by atoms with van der Waals surface area (Å²) in [6, 6.07) is 15.4. The zero-order chi connectivity index (χ0) is 20.4. The van der Waals surface area contributed by atoms with Gasteiger partial charge < -0.3 is 4.52 Å². The van der Waals surface area contributed by atoms with Gasteiger partial charge in [0.2, 0.25) is 5.78 Å². The molecular weight excluding hydrogens is 397 g/mol. The lowest BCUT2D eigenvalue weighted by Gasteiger charge is -2.10. The summed E-state index contributed by atoms with van der Waals surface area (Å²) in [7, 11) is -4.15. The van der Waals surface area contributed by atoms with E-state index in [1.54, 1.807) is 36.4 Å². The van der Waals surface area contributed by atoms with E-state index < -0.39 is 34.2 Å². The molecule has 3 rings (SSSR count). The van der Waals surface area contributed by atoms with Crippen LogP contribution >= 0.6 is 0 Å². The van der Waals surface area contributed by atoms with E-state index in [0.29, 0.717) is 5.56 Å². The van der Waals surface area contributed by atoms with Crippen LogP contribution in [-0.4, -0.2) is 25.5 Å². The number of carbonyl (C=O) groups excluding carboxylic acids is 1. The van der Waals surface area contributed by atoms with E-state index in [1.807, 2.05) is 0 Å². The molecule has 0 saturated heterocycles. The molecular formula is C18H13F3N2O4S. The Morgan fingerprint density at radius 3 is 2.14 bits per heavy atom. The van der Waals surface area contributed by atoms with Gasteiger partial charge in [-0.15, -0.1) is 0 Å². The number of Topliss-reactive ketones (excluding diaryl/α,β-unsaturated/α-hetero) is 1. The third-order valence-electron chi connectivity index (χ3n) is 3.74. The van der Waals surface area contributed by atoms with Crippen LogP contribution in [0, 0.1) is 0 Å². The van der Waals surface area contributed by atoms with E-state index in [4.69, 9.17) is 4.52 Å². The van der Waals surface area contributed by atoms with Crippen molar-refractivity contribution in [3.05, 3.63) is 66.4 Å². The number of carbonyl (C=O) groups is 1. The molecule has 1 N–H and O–H groups in total. The number of alkyl halides is 3. The summed E-state index contributed by atoms with van der Waals surface area (Å²) in [6.07, 6.45) is -6.27. The molecule has 146 valence electrons. The molecule has 0 saturated carbocycles. The second kappa shape index (κ2) is 7.47. The van der Waals surface area contributed by atoms with Gasteiger partial charge in [0.15, 0.2) is 5.76 Å². The Morgan fingerprint density at radius 1 is 1.00 bits per heavy atom. The second-order valence-corrected chi connectivity index (χ2v) is 7.39. The first-order valence-electron chi connectivity index (χ1n) is 7.90. The minimum absolute atomic E-state index is 0.0231. The molecule has 0 amide bonds. The molecule has 0 spiro atoms. The molecule has 2 aromatic carbocycles. The van der Waals surface area contributed by atoms with Crippen molar-refractivity contribution in [2.24, 2.45) is 0 Å². The number of hydrogen-bond donors (Lipinski definition) is 1. The highest BCUT2D eigenvalue weighted by Crippen LogP contribution is 2.33. The maximum atomic E-state index is 12.6. The Hall–Kier alpha value is -3.14. The van der Waals surface area contributed by atoms with Gasteiger partial charge in [-0.2, -0.15) is 13.2 Å². The quantitative estimate of drug-likeness (QED) is 0.667. The number of nitrogens with one attached hydrogen (secondary N) is 1. The molecule has 28 heavy (non-hydrogen) atoms. The predicted molar refractivity (Wildman–Crippen MR) is 94.0 cm³/mol. The summed E-state index contributed by atoms with van der Waals surface area (Å²) >= 11 is 0. The number of nitrogens with zero attached hydrogens (tertiary/aromatic N) is 1. The summed E-state index contributed by atoms with van der Waals surface area (Å²) < 4.78 is 70.3. The lowest BCUT2D eigenvalue weighted by molar-refractivity contribution is -0.170.